The van der Waals surface area contributed by atoms with Gasteiger partial charge in [-0.05, 0) is 48.4 Å². The first-order valence-electron chi connectivity index (χ1n) is 8.27. The van der Waals surface area contributed by atoms with Crippen molar-refractivity contribution in [2.75, 3.05) is 23.8 Å². The number of carbonyl (C=O) groups is 1. The van der Waals surface area contributed by atoms with E-state index in [-0.39, 0.29) is 18.1 Å². The lowest BCUT2D eigenvalue weighted by molar-refractivity contribution is -0.137. The lowest BCUT2D eigenvalue weighted by Crippen LogP contribution is -2.19. The van der Waals surface area contributed by atoms with E-state index in [9.17, 15) is 18.0 Å². The Hall–Kier alpha value is -3.21. The smallest absolute Gasteiger partial charge is 0.416 e. The summed E-state index contributed by atoms with van der Waals surface area (Å²) in [5.41, 5.74) is 1.16. The van der Waals surface area contributed by atoms with Crippen molar-refractivity contribution in [3.63, 3.8) is 0 Å². The monoisotopic (exact) mass is 375 g/mol. The zero-order chi connectivity index (χ0) is 19.4. The normalized spacial score (nSPS) is 13.3. The number of aryl methyl sites for hydroxylation is 1. The van der Waals surface area contributed by atoms with Gasteiger partial charge in [0.2, 0.25) is 5.91 Å². The van der Waals surface area contributed by atoms with Gasteiger partial charge >= 0.3 is 6.18 Å². The van der Waals surface area contributed by atoms with E-state index in [0.717, 1.165) is 23.4 Å². The maximum absolute atomic E-state index is 12.7. The number of nitrogens with one attached hydrogen (secondary N) is 2. The number of fused-ring (bicyclic) bond motifs is 1. The Kier molecular flexibility index (Phi) is 5.21. The molecule has 0 saturated carbocycles. The van der Waals surface area contributed by atoms with Crippen LogP contribution in [0.15, 0.2) is 36.4 Å². The summed E-state index contributed by atoms with van der Waals surface area (Å²) in [5, 5.41) is 14.8. The number of benzene rings is 2. The van der Waals surface area contributed by atoms with Crippen molar-refractivity contribution in [2.45, 2.75) is 19.0 Å². The molecule has 0 aliphatic carbocycles. The van der Waals surface area contributed by atoms with Gasteiger partial charge in [-0.1, -0.05) is 0 Å². The fourth-order valence-corrected chi connectivity index (χ4v) is 2.77. The van der Waals surface area contributed by atoms with Gasteiger partial charge in [-0.15, -0.1) is 0 Å². The number of amides is 1. The van der Waals surface area contributed by atoms with E-state index in [4.69, 9.17) is 10.00 Å². The topological polar surface area (TPSA) is 74.1 Å². The van der Waals surface area contributed by atoms with Gasteiger partial charge in [0, 0.05) is 18.7 Å². The number of halogens is 3. The van der Waals surface area contributed by atoms with Crippen molar-refractivity contribution in [2.24, 2.45) is 0 Å². The minimum Gasteiger partial charge on any atom is -0.492 e. The molecule has 8 heteroatoms. The Balaban J connectivity index is 1.56. The molecule has 0 unspecified atom stereocenters. The summed E-state index contributed by atoms with van der Waals surface area (Å²) in [6, 6.07) is 10.1. The van der Waals surface area contributed by atoms with Crippen LogP contribution in [0.3, 0.4) is 0 Å². The van der Waals surface area contributed by atoms with Crippen LogP contribution in [0, 0.1) is 11.3 Å². The molecule has 27 heavy (non-hydrogen) atoms. The molecule has 0 bridgehead atoms. The quantitative estimate of drug-likeness (QED) is 0.776. The van der Waals surface area contributed by atoms with Crippen molar-refractivity contribution in [1.82, 2.24) is 0 Å². The first-order valence-corrected chi connectivity index (χ1v) is 8.27. The lowest BCUT2D eigenvalue weighted by Gasteiger charge is -2.18. The van der Waals surface area contributed by atoms with Gasteiger partial charge < -0.3 is 15.4 Å². The average Bonchev–Trinajstić information content (AvgIpc) is 2.64. The van der Waals surface area contributed by atoms with E-state index >= 15 is 0 Å². The predicted molar refractivity (Wildman–Crippen MR) is 93.5 cm³/mol. The molecule has 0 radical (unpaired) electrons. The van der Waals surface area contributed by atoms with Crippen molar-refractivity contribution in [3.05, 3.63) is 53.1 Å². The maximum atomic E-state index is 12.7. The third kappa shape index (κ3) is 4.50. The van der Waals surface area contributed by atoms with E-state index in [0.29, 0.717) is 30.8 Å². The number of nitrogens with zero attached hydrogens (tertiary/aromatic N) is 1. The molecule has 1 aliphatic heterocycles. The summed E-state index contributed by atoms with van der Waals surface area (Å²) in [6.07, 6.45) is -3.41. The minimum atomic E-state index is -4.49. The van der Waals surface area contributed by atoms with Gasteiger partial charge in [0.1, 0.15) is 18.4 Å². The van der Waals surface area contributed by atoms with Crippen LogP contribution >= 0.6 is 0 Å². The van der Waals surface area contributed by atoms with Crippen molar-refractivity contribution >= 4 is 17.3 Å². The lowest BCUT2D eigenvalue weighted by atomic mass is 10.0. The summed E-state index contributed by atoms with van der Waals surface area (Å²) in [7, 11) is 0. The van der Waals surface area contributed by atoms with Crippen LogP contribution in [0.2, 0.25) is 0 Å². The van der Waals surface area contributed by atoms with Crippen LogP contribution in [-0.4, -0.2) is 19.1 Å². The molecule has 5 nitrogen and oxygen atoms in total. The van der Waals surface area contributed by atoms with Crippen LogP contribution in [0.25, 0.3) is 0 Å². The standard InChI is InChI=1S/C19H16F3N3O2/c20-19(21,22)14-2-4-16(13(9-14)11-23)24-7-8-27-15-3-5-17-12(10-15)1-6-18(26)25-17/h2-5,9-10,24H,1,6-8H2,(H,25,26). The second-order valence-corrected chi connectivity index (χ2v) is 6.01. The summed E-state index contributed by atoms with van der Waals surface area (Å²) in [4.78, 5) is 11.3. The Morgan fingerprint density at radius 3 is 2.74 bits per heavy atom. The fraction of sp³-hybridized carbons (Fsp3) is 0.263. The molecule has 140 valence electrons. The van der Waals surface area contributed by atoms with E-state index in [2.05, 4.69) is 10.6 Å². The number of ether oxygens (including phenoxy) is 1. The summed E-state index contributed by atoms with van der Waals surface area (Å²) >= 11 is 0. The number of nitriles is 1. The second-order valence-electron chi connectivity index (χ2n) is 6.01. The zero-order valence-corrected chi connectivity index (χ0v) is 14.2. The molecule has 0 saturated heterocycles. The van der Waals surface area contributed by atoms with Crippen LogP contribution in [0.1, 0.15) is 23.1 Å². The number of alkyl halides is 3. The summed E-state index contributed by atoms with van der Waals surface area (Å²) in [5.74, 6) is 0.629. The first kappa shape index (κ1) is 18.6. The highest BCUT2D eigenvalue weighted by Gasteiger charge is 2.31. The van der Waals surface area contributed by atoms with Crippen LogP contribution < -0.4 is 15.4 Å². The molecule has 2 N–H and O–H groups in total. The number of hydrogen-bond acceptors (Lipinski definition) is 4. The number of rotatable bonds is 5. The largest absolute Gasteiger partial charge is 0.492 e. The number of carbonyl (C=O) groups excluding carboxylic acids is 1. The molecule has 1 aliphatic rings. The van der Waals surface area contributed by atoms with Gasteiger partial charge in [-0.2, -0.15) is 18.4 Å². The van der Waals surface area contributed by atoms with Gasteiger partial charge in [-0.3, -0.25) is 4.79 Å². The highest BCUT2D eigenvalue weighted by Crippen LogP contribution is 2.31. The SMILES string of the molecule is N#Cc1cc(C(F)(F)F)ccc1NCCOc1ccc2c(c1)CCC(=O)N2. The van der Waals surface area contributed by atoms with E-state index in [1.807, 2.05) is 6.07 Å². The van der Waals surface area contributed by atoms with Crippen LogP contribution in [0.5, 0.6) is 5.75 Å². The van der Waals surface area contributed by atoms with E-state index < -0.39 is 11.7 Å². The average molecular weight is 375 g/mol. The molecule has 2 aromatic carbocycles. The zero-order valence-electron chi connectivity index (χ0n) is 14.2. The molecule has 0 spiro atoms. The van der Waals surface area contributed by atoms with Crippen LogP contribution in [-0.2, 0) is 17.4 Å². The maximum Gasteiger partial charge on any atom is 0.416 e. The van der Waals surface area contributed by atoms with E-state index in [1.54, 1.807) is 18.2 Å². The Morgan fingerprint density at radius 1 is 1.19 bits per heavy atom. The second kappa shape index (κ2) is 7.58. The molecular weight excluding hydrogens is 359 g/mol. The molecule has 1 amide bonds. The Labute approximate surface area is 153 Å². The van der Waals surface area contributed by atoms with E-state index in [1.165, 1.54) is 6.07 Å². The number of hydrogen-bond donors (Lipinski definition) is 2. The van der Waals surface area contributed by atoms with Crippen LogP contribution in [0.4, 0.5) is 24.5 Å². The molecule has 0 atom stereocenters. The van der Waals surface area contributed by atoms with Crippen molar-refractivity contribution in [1.29, 1.82) is 5.26 Å². The molecule has 3 rings (SSSR count). The molecule has 0 fully saturated rings. The minimum absolute atomic E-state index is 0.00907. The highest BCUT2D eigenvalue weighted by atomic mass is 19.4. The third-order valence-corrected chi connectivity index (χ3v) is 4.13. The predicted octanol–water partition coefficient (Wildman–Crippen LogP) is 3.95. The fourth-order valence-electron chi connectivity index (χ4n) is 2.77. The van der Waals surface area contributed by atoms with Gasteiger partial charge in [0.25, 0.3) is 0 Å². The van der Waals surface area contributed by atoms with Crippen molar-refractivity contribution < 1.29 is 22.7 Å². The third-order valence-electron chi connectivity index (χ3n) is 4.13. The van der Waals surface area contributed by atoms with Crippen molar-refractivity contribution in [3.8, 4) is 11.8 Å². The summed E-state index contributed by atoms with van der Waals surface area (Å²) in [6.45, 7) is 0.574. The molecular formula is C19H16F3N3O2. The first-order chi connectivity index (χ1) is 12.9. The Bertz CT molecular complexity index is 904. The number of anilines is 2. The molecule has 2 aromatic rings. The highest BCUT2D eigenvalue weighted by molar-refractivity contribution is 5.94. The Morgan fingerprint density at radius 2 is 2.00 bits per heavy atom. The van der Waals surface area contributed by atoms with Gasteiger partial charge in [0.15, 0.2) is 0 Å². The molecule has 1 heterocycles. The van der Waals surface area contributed by atoms with Gasteiger partial charge in [0.05, 0.1) is 16.8 Å². The van der Waals surface area contributed by atoms with Gasteiger partial charge in [-0.25, -0.2) is 0 Å². The molecule has 0 aromatic heterocycles. The summed E-state index contributed by atoms with van der Waals surface area (Å²) < 4.78 is 43.7.